The summed E-state index contributed by atoms with van der Waals surface area (Å²) in [5.41, 5.74) is 7.64. The van der Waals surface area contributed by atoms with Crippen LogP contribution in [0.25, 0.3) is 22.2 Å². The predicted octanol–water partition coefficient (Wildman–Crippen LogP) is 5.31. The molecule has 2 aromatic heterocycles. The van der Waals surface area contributed by atoms with Crippen LogP contribution in [0, 0.1) is 17.6 Å². The molecule has 0 radical (unpaired) electrons. The van der Waals surface area contributed by atoms with E-state index in [9.17, 15) is 22.0 Å². The molecule has 13 heteroatoms. The Labute approximate surface area is 236 Å². The van der Waals surface area contributed by atoms with E-state index in [1.54, 1.807) is 43.5 Å². The second-order valence-corrected chi connectivity index (χ2v) is 12.4. The number of nitrogens with zero attached hydrogens (tertiary/aromatic N) is 3. The van der Waals surface area contributed by atoms with Gasteiger partial charge in [0.15, 0.2) is 0 Å². The highest BCUT2D eigenvalue weighted by atomic mass is 32.2. The van der Waals surface area contributed by atoms with Crippen LogP contribution in [0.1, 0.15) is 40.7 Å². The lowest BCUT2D eigenvalue weighted by Gasteiger charge is -2.27. The lowest BCUT2D eigenvalue weighted by atomic mass is 10.0. The molecule has 0 spiro atoms. The molecule has 0 saturated heterocycles. The molecule has 0 aliphatic heterocycles. The van der Waals surface area contributed by atoms with Gasteiger partial charge in [0.05, 0.1) is 18.1 Å². The summed E-state index contributed by atoms with van der Waals surface area (Å²) in [4.78, 5) is 21.1. The molecule has 3 N–H and O–H groups in total. The summed E-state index contributed by atoms with van der Waals surface area (Å²) in [6.07, 6.45) is 1.47. The molecule has 0 amide bonds. The molecule has 41 heavy (non-hydrogen) atoms. The molecule has 4 rings (SSSR count). The Morgan fingerprint density at radius 2 is 1.78 bits per heavy atom. The summed E-state index contributed by atoms with van der Waals surface area (Å²) >= 11 is 0. The summed E-state index contributed by atoms with van der Waals surface area (Å²) in [7, 11) is -3.17. The molecule has 0 bridgehead atoms. The number of hydrogen-bond donors (Lipinski definition) is 2. The minimum Gasteiger partial charge on any atom is -0.480 e. The van der Waals surface area contributed by atoms with Gasteiger partial charge < -0.3 is 15.2 Å². The van der Waals surface area contributed by atoms with E-state index in [0.29, 0.717) is 28.2 Å². The molecule has 4 aromatic rings. The largest absolute Gasteiger partial charge is 0.480 e. The van der Waals surface area contributed by atoms with Crippen LogP contribution >= 0.6 is 0 Å². The number of nitrogen functional groups attached to an aromatic ring is 1. The molecule has 1 atom stereocenters. The van der Waals surface area contributed by atoms with E-state index < -0.39 is 44.2 Å². The van der Waals surface area contributed by atoms with Crippen LogP contribution in [0.3, 0.4) is 0 Å². The van der Waals surface area contributed by atoms with Crippen molar-refractivity contribution in [2.75, 3.05) is 17.6 Å². The Bertz CT molecular complexity index is 1730. The van der Waals surface area contributed by atoms with Crippen molar-refractivity contribution in [1.29, 1.82) is 0 Å². The third-order valence-electron chi connectivity index (χ3n) is 6.08. The van der Waals surface area contributed by atoms with Crippen LogP contribution < -0.4 is 15.2 Å². The molecule has 2 heterocycles. The highest BCUT2D eigenvalue weighted by Crippen LogP contribution is 2.35. The number of methoxy groups -OCH3 is 1. The summed E-state index contributed by atoms with van der Waals surface area (Å²) in [5.74, 6) is -2.75. The third kappa shape index (κ3) is 6.24. The zero-order valence-electron chi connectivity index (χ0n) is 23.4. The number of aromatic nitrogens is 3. The van der Waals surface area contributed by atoms with Crippen molar-refractivity contribution < 1.29 is 31.5 Å². The maximum Gasteiger partial charge on any atom is 0.330 e. The molecule has 2 aromatic carbocycles. The van der Waals surface area contributed by atoms with Gasteiger partial charge in [0.2, 0.25) is 11.8 Å². The van der Waals surface area contributed by atoms with Gasteiger partial charge in [0, 0.05) is 17.8 Å². The number of esters is 1. The summed E-state index contributed by atoms with van der Waals surface area (Å²) in [5, 5.41) is 0. The fraction of sp³-hybridized carbons (Fsp3) is 0.321. The molecular weight excluding hydrogens is 556 g/mol. The lowest BCUT2D eigenvalue weighted by molar-refractivity contribution is -0.160. The fourth-order valence-electron chi connectivity index (χ4n) is 4.36. The second kappa shape index (κ2) is 11.0. The monoisotopic (exact) mass is 587 g/mol. The summed E-state index contributed by atoms with van der Waals surface area (Å²) < 4.78 is 68.3. The fourth-order valence-corrected chi connectivity index (χ4v) is 5.47. The van der Waals surface area contributed by atoms with Crippen molar-refractivity contribution in [3.05, 3.63) is 60.3 Å². The third-order valence-corrected chi connectivity index (χ3v) is 7.48. The molecule has 0 saturated carbocycles. The zero-order valence-corrected chi connectivity index (χ0v) is 24.2. The van der Waals surface area contributed by atoms with Crippen LogP contribution in [-0.4, -0.2) is 41.6 Å². The van der Waals surface area contributed by atoms with Gasteiger partial charge in [-0.3, -0.25) is 9.29 Å². The number of ether oxygens (including phenoxy) is 2. The second-order valence-electron chi connectivity index (χ2n) is 10.7. The number of rotatable bonds is 8. The van der Waals surface area contributed by atoms with Gasteiger partial charge in [-0.25, -0.2) is 32.0 Å². The van der Waals surface area contributed by atoms with Crippen LogP contribution in [0.15, 0.2) is 53.6 Å². The van der Waals surface area contributed by atoms with Gasteiger partial charge in [-0.2, -0.15) is 0 Å². The molecule has 10 nitrogen and oxygen atoms in total. The summed E-state index contributed by atoms with van der Waals surface area (Å²) in [6.45, 7) is 9.09. The molecule has 0 aliphatic rings. The van der Waals surface area contributed by atoms with Crippen molar-refractivity contribution in [3.8, 4) is 17.0 Å². The van der Waals surface area contributed by atoms with Crippen molar-refractivity contribution >= 4 is 38.7 Å². The van der Waals surface area contributed by atoms with Crippen molar-refractivity contribution in [2.45, 2.75) is 51.2 Å². The van der Waals surface area contributed by atoms with E-state index in [1.807, 2.05) is 13.8 Å². The van der Waals surface area contributed by atoms with Gasteiger partial charge in [0.1, 0.15) is 33.9 Å². The molecular formula is C28H31F2N5O5S. The lowest BCUT2D eigenvalue weighted by Crippen LogP contribution is -2.33. The number of fused-ring (bicyclic) bond motifs is 1. The smallest absolute Gasteiger partial charge is 0.330 e. The van der Waals surface area contributed by atoms with E-state index in [0.717, 1.165) is 12.1 Å². The Morgan fingerprint density at radius 3 is 2.39 bits per heavy atom. The Kier molecular flexibility index (Phi) is 7.94. The van der Waals surface area contributed by atoms with Gasteiger partial charge in [0.25, 0.3) is 10.0 Å². The maximum absolute atomic E-state index is 14.3. The first-order valence-corrected chi connectivity index (χ1v) is 14.1. The zero-order chi connectivity index (χ0) is 30.3. The first-order valence-electron chi connectivity index (χ1n) is 12.6. The number of benzene rings is 2. The number of carbonyl (C=O) groups excluding carboxylic acids is 1. The Morgan fingerprint density at radius 1 is 1.07 bits per heavy atom. The van der Waals surface area contributed by atoms with E-state index in [2.05, 4.69) is 14.7 Å². The number of halogens is 2. The number of hydrogen-bond acceptors (Lipinski definition) is 8. The Balaban J connectivity index is 1.79. The number of nitrogens with two attached hydrogens (primary N) is 1. The number of sulfonamides is 1. The van der Waals surface area contributed by atoms with E-state index >= 15 is 0 Å². The van der Waals surface area contributed by atoms with Crippen molar-refractivity contribution in [2.24, 2.45) is 5.92 Å². The molecule has 0 aliphatic carbocycles. The average Bonchev–Trinajstić information content (AvgIpc) is 3.17. The van der Waals surface area contributed by atoms with Crippen LogP contribution in [0.5, 0.6) is 5.88 Å². The first kappa shape index (κ1) is 29.7. The summed E-state index contributed by atoms with van der Waals surface area (Å²) in [6, 6.07) is 8.04. The number of pyridine rings is 1. The van der Waals surface area contributed by atoms with Gasteiger partial charge in [-0.1, -0.05) is 19.9 Å². The quantitative estimate of drug-likeness (QED) is 0.265. The minimum atomic E-state index is -4.47. The first-order chi connectivity index (χ1) is 19.1. The maximum atomic E-state index is 14.3. The van der Waals surface area contributed by atoms with E-state index in [1.165, 1.54) is 19.4 Å². The minimum absolute atomic E-state index is 0.0694. The van der Waals surface area contributed by atoms with Gasteiger partial charge in [-0.05, 0) is 62.6 Å². The number of nitrogens with one attached hydrogen (secondary N) is 1. The van der Waals surface area contributed by atoms with Crippen LogP contribution in [-0.2, 0) is 19.6 Å². The van der Waals surface area contributed by atoms with Gasteiger partial charge >= 0.3 is 5.97 Å². The van der Waals surface area contributed by atoms with Crippen molar-refractivity contribution in [1.82, 2.24) is 14.5 Å². The highest BCUT2D eigenvalue weighted by Gasteiger charge is 2.32. The number of carbonyl (C=O) groups is 1. The topological polar surface area (TPSA) is 138 Å². The number of imidazole rings is 1. The van der Waals surface area contributed by atoms with E-state index in [-0.39, 0.29) is 23.4 Å². The Hall–Kier alpha value is -4.26. The average molecular weight is 588 g/mol. The normalized spacial score (nSPS) is 12.9. The molecule has 218 valence electrons. The van der Waals surface area contributed by atoms with Crippen LogP contribution in [0.4, 0.5) is 20.4 Å². The van der Waals surface area contributed by atoms with Crippen molar-refractivity contribution in [3.63, 3.8) is 0 Å². The number of anilines is 2. The molecule has 0 fully saturated rings. The SMILES string of the molecule is COc1ncc(-c2ccc3nc(N)n([C@H](C(=O)OC(C)(C)C)C(C)C)c3c2)cc1NS(=O)(=O)c1ccc(F)cc1F. The molecule has 0 unspecified atom stereocenters. The standard InChI is InChI=1S/C28H31F2N5O5S/c1-15(2)24(26(36)40-28(3,4)5)35-22-12-16(7-9-20(22)33-27(35)31)17-11-21(25(39-6)32-14-17)34-41(37,38)23-10-8-18(29)13-19(23)30/h7-15,24,34H,1-6H3,(H2,31,33)/t24-/m0/s1. The highest BCUT2D eigenvalue weighted by molar-refractivity contribution is 7.92. The van der Waals surface area contributed by atoms with Crippen LogP contribution in [0.2, 0.25) is 0 Å². The predicted molar refractivity (Wildman–Crippen MR) is 151 cm³/mol. The van der Waals surface area contributed by atoms with Gasteiger partial charge in [-0.15, -0.1) is 0 Å². The van der Waals surface area contributed by atoms with E-state index in [4.69, 9.17) is 15.2 Å².